The third-order valence-electron chi connectivity index (χ3n) is 12.2. The second kappa shape index (κ2) is 13.5. The Labute approximate surface area is 236 Å². The second-order valence-electron chi connectivity index (χ2n) is 15.1. The molecule has 0 bridgehead atoms. The van der Waals surface area contributed by atoms with Crippen molar-refractivity contribution in [3.63, 3.8) is 0 Å². The SMILES string of the molecule is CCCCNCCCCN[C@@H]1CC2C(CC[C@@]3(C)C2CC[C@@H]3[C@H](C)CCCC(C)C)[C@@]2(C)CC[C@H](O)C=C12. The molecule has 0 radical (unpaired) electrons. The molecule has 0 heterocycles. The highest BCUT2D eigenvalue weighted by Crippen LogP contribution is 2.67. The largest absolute Gasteiger partial charge is 0.389 e. The van der Waals surface area contributed by atoms with Crippen LogP contribution in [0.15, 0.2) is 11.6 Å². The molecule has 0 saturated heterocycles. The summed E-state index contributed by atoms with van der Waals surface area (Å²) >= 11 is 0. The number of aliphatic hydroxyl groups is 1. The van der Waals surface area contributed by atoms with Crippen LogP contribution in [0.3, 0.4) is 0 Å². The van der Waals surface area contributed by atoms with E-state index in [9.17, 15) is 5.11 Å². The summed E-state index contributed by atoms with van der Waals surface area (Å²) in [6, 6.07) is 0.467. The molecule has 3 nitrogen and oxygen atoms in total. The minimum atomic E-state index is -0.238. The van der Waals surface area contributed by atoms with Gasteiger partial charge in [-0.05, 0) is 136 Å². The number of nitrogens with one attached hydrogen (secondary N) is 2. The summed E-state index contributed by atoms with van der Waals surface area (Å²) in [6.07, 6.45) is 20.6. The van der Waals surface area contributed by atoms with Crippen molar-refractivity contribution >= 4 is 0 Å². The maximum atomic E-state index is 10.7. The maximum absolute atomic E-state index is 10.7. The molecule has 0 spiro atoms. The Bertz CT molecular complexity index is 763. The van der Waals surface area contributed by atoms with E-state index in [1.807, 2.05) is 0 Å². The highest BCUT2D eigenvalue weighted by molar-refractivity contribution is 5.30. The standard InChI is InChI=1S/C35H64N2O/c1-7-8-20-36-21-9-10-22-37-33-24-28-30-15-14-29(26(4)13-11-12-25(2)3)34(30,5)19-17-31(28)35(6)18-16-27(38)23-32(33)35/h23,25-31,33,36-38H,7-22,24H2,1-6H3/t26-,27+,28?,29-,30?,31?,33-,34-,35-/m1/s1. The van der Waals surface area contributed by atoms with E-state index < -0.39 is 0 Å². The quantitative estimate of drug-likeness (QED) is 0.157. The van der Waals surface area contributed by atoms with Gasteiger partial charge >= 0.3 is 0 Å². The Morgan fingerprint density at radius 2 is 1.66 bits per heavy atom. The van der Waals surface area contributed by atoms with Crippen molar-refractivity contribution in [2.24, 2.45) is 46.3 Å². The van der Waals surface area contributed by atoms with Gasteiger partial charge in [0.15, 0.2) is 0 Å². The van der Waals surface area contributed by atoms with Crippen LogP contribution in [0.25, 0.3) is 0 Å². The molecular weight excluding hydrogens is 464 g/mol. The lowest BCUT2D eigenvalue weighted by atomic mass is 9.45. The number of unbranched alkanes of at least 4 members (excludes halogenated alkanes) is 2. The Morgan fingerprint density at radius 3 is 2.42 bits per heavy atom. The first-order valence-electron chi connectivity index (χ1n) is 17.0. The molecule has 0 aromatic rings. The zero-order valence-electron chi connectivity index (χ0n) is 26.2. The molecule has 0 aliphatic heterocycles. The summed E-state index contributed by atoms with van der Waals surface area (Å²) in [4.78, 5) is 0. The van der Waals surface area contributed by atoms with Crippen LogP contribution in [0.5, 0.6) is 0 Å². The van der Waals surface area contributed by atoms with Crippen molar-refractivity contribution in [1.82, 2.24) is 10.6 Å². The van der Waals surface area contributed by atoms with E-state index in [1.54, 1.807) is 5.57 Å². The molecule has 9 atom stereocenters. The number of hydrogen-bond donors (Lipinski definition) is 3. The summed E-state index contributed by atoms with van der Waals surface area (Å²) in [5.74, 6) is 5.20. The zero-order valence-corrected chi connectivity index (χ0v) is 26.2. The lowest BCUT2D eigenvalue weighted by Gasteiger charge is -2.60. The molecule has 38 heavy (non-hydrogen) atoms. The van der Waals surface area contributed by atoms with Crippen LogP contribution in [-0.2, 0) is 0 Å². The molecule has 4 aliphatic rings. The first-order valence-corrected chi connectivity index (χ1v) is 17.0. The maximum Gasteiger partial charge on any atom is 0.0724 e. The van der Waals surface area contributed by atoms with E-state index in [4.69, 9.17) is 0 Å². The lowest BCUT2D eigenvalue weighted by Crippen LogP contribution is -2.57. The van der Waals surface area contributed by atoms with E-state index in [0.29, 0.717) is 11.5 Å². The molecule has 3 unspecified atom stereocenters. The fraction of sp³-hybridized carbons (Fsp3) is 0.943. The summed E-state index contributed by atoms with van der Waals surface area (Å²) in [7, 11) is 0. The Kier molecular flexibility index (Phi) is 10.9. The van der Waals surface area contributed by atoms with Gasteiger partial charge < -0.3 is 15.7 Å². The van der Waals surface area contributed by atoms with E-state index in [-0.39, 0.29) is 11.5 Å². The van der Waals surface area contributed by atoms with Crippen molar-refractivity contribution in [3.05, 3.63) is 11.6 Å². The van der Waals surface area contributed by atoms with E-state index in [2.05, 4.69) is 58.3 Å². The number of rotatable bonds is 14. The third kappa shape index (κ3) is 6.57. The van der Waals surface area contributed by atoms with Crippen molar-refractivity contribution < 1.29 is 5.11 Å². The minimum Gasteiger partial charge on any atom is -0.389 e. The van der Waals surface area contributed by atoms with E-state index in [1.165, 1.54) is 83.5 Å². The van der Waals surface area contributed by atoms with Gasteiger partial charge in [-0.25, -0.2) is 0 Å². The molecule has 0 aromatic heterocycles. The van der Waals surface area contributed by atoms with Crippen LogP contribution in [0, 0.1) is 46.3 Å². The average molecular weight is 529 g/mol. The third-order valence-corrected chi connectivity index (χ3v) is 12.2. The highest BCUT2D eigenvalue weighted by Gasteiger charge is 2.60. The van der Waals surface area contributed by atoms with Crippen LogP contribution < -0.4 is 10.6 Å². The average Bonchev–Trinajstić information content (AvgIpc) is 3.23. The fourth-order valence-electron chi connectivity index (χ4n) is 10.1. The first kappa shape index (κ1) is 30.6. The number of hydrogen-bond acceptors (Lipinski definition) is 3. The molecule has 0 aromatic carbocycles. The number of aliphatic hydroxyl groups excluding tert-OH is 1. The van der Waals surface area contributed by atoms with Gasteiger partial charge in [-0.3, -0.25) is 0 Å². The van der Waals surface area contributed by atoms with Crippen LogP contribution in [0.2, 0.25) is 0 Å². The van der Waals surface area contributed by atoms with Gasteiger partial charge in [0.1, 0.15) is 0 Å². The van der Waals surface area contributed by atoms with Gasteiger partial charge in [0.25, 0.3) is 0 Å². The Hall–Kier alpha value is -0.380. The molecule has 0 amide bonds. The molecule has 3 N–H and O–H groups in total. The molecule has 3 heteroatoms. The molecule has 3 fully saturated rings. The molecule has 3 saturated carbocycles. The predicted octanol–water partition coefficient (Wildman–Crippen LogP) is 8.13. The van der Waals surface area contributed by atoms with Gasteiger partial charge in [-0.2, -0.15) is 0 Å². The normalized spacial score (nSPS) is 39.4. The van der Waals surface area contributed by atoms with Gasteiger partial charge in [0, 0.05) is 6.04 Å². The first-order chi connectivity index (χ1) is 18.2. The topological polar surface area (TPSA) is 44.3 Å². The van der Waals surface area contributed by atoms with Crippen molar-refractivity contribution in [3.8, 4) is 0 Å². The van der Waals surface area contributed by atoms with E-state index >= 15 is 0 Å². The monoisotopic (exact) mass is 529 g/mol. The zero-order chi connectivity index (χ0) is 27.3. The Morgan fingerprint density at radius 1 is 0.895 bits per heavy atom. The van der Waals surface area contributed by atoms with Crippen LogP contribution in [0.1, 0.15) is 131 Å². The Balaban J connectivity index is 1.43. The van der Waals surface area contributed by atoms with E-state index in [0.717, 1.165) is 61.6 Å². The molecule has 220 valence electrons. The van der Waals surface area contributed by atoms with Crippen molar-refractivity contribution in [1.29, 1.82) is 0 Å². The fourth-order valence-corrected chi connectivity index (χ4v) is 10.1. The number of fused-ring (bicyclic) bond motifs is 5. The second-order valence-corrected chi connectivity index (χ2v) is 15.1. The predicted molar refractivity (Wildman–Crippen MR) is 163 cm³/mol. The summed E-state index contributed by atoms with van der Waals surface area (Å²) in [5.41, 5.74) is 2.40. The van der Waals surface area contributed by atoms with Gasteiger partial charge in [-0.15, -0.1) is 0 Å². The van der Waals surface area contributed by atoms with Gasteiger partial charge in [0.2, 0.25) is 0 Å². The van der Waals surface area contributed by atoms with Gasteiger partial charge in [0.05, 0.1) is 6.10 Å². The van der Waals surface area contributed by atoms with Gasteiger partial charge in [-0.1, -0.05) is 73.3 Å². The summed E-state index contributed by atoms with van der Waals surface area (Å²) < 4.78 is 0. The lowest BCUT2D eigenvalue weighted by molar-refractivity contribution is -0.0687. The highest BCUT2D eigenvalue weighted by atomic mass is 16.3. The van der Waals surface area contributed by atoms with Crippen LogP contribution in [-0.4, -0.2) is 36.9 Å². The molecule has 4 rings (SSSR count). The minimum absolute atomic E-state index is 0.238. The van der Waals surface area contributed by atoms with Crippen molar-refractivity contribution in [2.75, 3.05) is 19.6 Å². The summed E-state index contributed by atoms with van der Waals surface area (Å²) in [5, 5.41) is 18.3. The van der Waals surface area contributed by atoms with Crippen molar-refractivity contribution in [2.45, 2.75) is 144 Å². The summed E-state index contributed by atoms with van der Waals surface area (Å²) in [6.45, 7) is 18.4. The van der Waals surface area contributed by atoms with Crippen LogP contribution >= 0.6 is 0 Å². The molecule has 4 aliphatic carbocycles. The molecular formula is C35H64N2O. The smallest absolute Gasteiger partial charge is 0.0724 e. The van der Waals surface area contributed by atoms with Crippen LogP contribution in [0.4, 0.5) is 0 Å².